The molecular weight excluding hydrogens is 767 g/mol. The van der Waals surface area contributed by atoms with E-state index in [4.69, 9.17) is 0 Å². The second-order valence-corrected chi connectivity index (χ2v) is 48.5. The van der Waals surface area contributed by atoms with Gasteiger partial charge in [-0.1, -0.05) is 0 Å². The van der Waals surface area contributed by atoms with Crippen LogP contribution in [-0.4, -0.2) is 6.88 Å². The van der Waals surface area contributed by atoms with Crippen molar-refractivity contribution in [1.82, 2.24) is 0 Å². The minimum atomic E-state index is -3.79. The molecule has 0 radical (unpaired) electrons. The fraction of sp³-hybridized carbons (Fsp3) is 0.417. The third-order valence-corrected chi connectivity index (χ3v) is 30.9. The van der Waals surface area contributed by atoms with Crippen molar-refractivity contribution in [1.29, 1.82) is 0 Å². The van der Waals surface area contributed by atoms with Gasteiger partial charge in [0.1, 0.15) is 0 Å². The van der Waals surface area contributed by atoms with Crippen LogP contribution in [0.1, 0.15) is 118 Å². The van der Waals surface area contributed by atoms with Crippen LogP contribution in [0.15, 0.2) is 96.1 Å². The van der Waals surface area contributed by atoms with Crippen molar-refractivity contribution in [2.75, 3.05) is 0 Å². The number of aryl methyl sites for hydroxylation is 2. The molecule has 4 aromatic carbocycles. The molecule has 4 heteroatoms. The van der Waals surface area contributed by atoms with Crippen molar-refractivity contribution in [3.8, 4) is 22.3 Å². The van der Waals surface area contributed by atoms with Crippen molar-refractivity contribution >= 4 is 43.8 Å². The van der Waals surface area contributed by atoms with Crippen molar-refractivity contribution in [3.05, 3.63) is 129 Å². The molecule has 4 aliphatic carbocycles. The largest absolute Gasteiger partial charge is 0.147 e. The average Bonchev–Trinajstić information content (AvgIpc) is 3.69. The molecule has 0 spiro atoms. The van der Waals surface area contributed by atoms with E-state index in [2.05, 4.69) is 127 Å². The maximum Gasteiger partial charge on any atom is -0.147 e. The first-order chi connectivity index (χ1) is 24.1. The summed E-state index contributed by atoms with van der Waals surface area (Å²) in [6, 6.07) is 33.3. The van der Waals surface area contributed by atoms with Crippen molar-refractivity contribution in [2.24, 2.45) is 11.8 Å². The van der Waals surface area contributed by atoms with Gasteiger partial charge in [0, 0.05) is 0 Å². The molecule has 0 amide bonds. The van der Waals surface area contributed by atoms with Crippen molar-refractivity contribution in [2.45, 2.75) is 107 Å². The van der Waals surface area contributed by atoms with Crippen LogP contribution in [0.25, 0.3) is 34.4 Å². The molecule has 2 unspecified atom stereocenters. The van der Waals surface area contributed by atoms with Crippen LogP contribution in [0.4, 0.5) is 0 Å². The second-order valence-electron chi connectivity index (χ2n) is 18.0. The topological polar surface area (TPSA) is 0 Å². The fourth-order valence-electron chi connectivity index (χ4n) is 11.1. The van der Waals surface area contributed by atoms with Gasteiger partial charge >= 0.3 is 307 Å². The number of allylic oxidation sites excluding steroid dienone is 2. The summed E-state index contributed by atoms with van der Waals surface area (Å²) in [7, 11) is 0. The molecule has 0 nitrogen and oxygen atoms in total. The van der Waals surface area contributed by atoms with Gasteiger partial charge < -0.3 is 0 Å². The van der Waals surface area contributed by atoms with E-state index in [1.807, 2.05) is 0 Å². The normalized spacial score (nSPS) is 20.6. The van der Waals surface area contributed by atoms with Crippen LogP contribution < -0.4 is 0 Å². The minimum Gasteiger partial charge on any atom is -0.147 e. The standard InChI is InChI=1S/2C23H25.2CH3.2ClH.H2Si.Zr/c2*1-17-10-12-20(13-11-17)22-9-5-8-21-15-19(16-23(21)22)14-18-6-3-2-4-7-18;;;;;;/h2*5,8-13,15-16,18H,2-4,6-7,14H2,1H3;2*1H3;2*1H;1H2;. The number of hydrogen-bond acceptors (Lipinski definition) is 0. The van der Waals surface area contributed by atoms with Crippen LogP contribution in [0.2, 0.25) is 9.26 Å². The van der Waals surface area contributed by atoms with Gasteiger partial charge in [-0.15, -0.1) is 24.8 Å². The zero-order valence-electron chi connectivity index (χ0n) is 32.1. The zero-order valence-corrected chi connectivity index (χ0v) is 37.6. The van der Waals surface area contributed by atoms with E-state index in [-0.39, 0.29) is 24.8 Å². The van der Waals surface area contributed by atoms with E-state index in [9.17, 15) is 0 Å². The Balaban J connectivity index is 0.00000232. The molecule has 2 saturated carbocycles. The first-order valence-electron chi connectivity index (χ1n) is 20.0. The molecule has 0 bridgehead atoms. The Kier molecular flexibility index (Phi) is 12.2. The van der Waals surface area contributed by atoms with E-state index in [0.29, 0.717) is 7.25 Å². The number of hydrogen-bond donors (Lipinski definition) is 0. The third kappa shape index (κ3) is 7.63. The monoisotopic (exact) mass is 824 g/mol. The number of halogens is 2. The summed E-state index contributed by atoms with van der Waals surface area (Å²) in [5, 5.41) is 0. The number of benzene rings is 4. The SMILES string of the molecule is Cc1ccc(-c2cccc3c2C=C(CC2CCCCC2)[CH]3[Zr]([CH3])([CH3])(=[SiH2])[CH]2C(CC3CCCCC3)=Cc3c(-c4ccc(C)cc4)cccc32)cc1.Cl.Cl. The summed E-state index contributed by atoms with van der Waals surface area (Å²) < 4.78 is 6.93. The van der Waals surface area contributed by atoms with Gasteiger partial charge in [-0.05, 0) is 0 Å². The molecule has 52 heavy (non-hydrogen) atoms. The quantitative estimate of drug-likeness (QED) is 0.155. The maximum absolute atomic E-state index is 3.79. The number of rotatable bonds is 8. The van der Waals surface area contributed by atoms with E-state index in [1.54, 1.807) is 22.3 Å². The van der Waals surface area contributed by atoms with Crippen molar-refractivity contribution in [3.63, 3.8) is 0 Å². The Morgan fingerprint density at radius 1 is 0.519 bits per heavy atom. The Bertz CT molecular complexity index is 1880. The first kappa shape index (κ1) is 39.7. The summed E-state index contributed by atoms with van der Waals surface area (Å²) in [6.45, 7) is 6.98. The van der Waals surface area contributed by atoms with Gasteiger partial charge in [0.15, 0.2) is 0 Å². The van der Waals surface area contributed by atoms with Crippen LogP contribution >= 0.6 is 24.8 Å². The Morgan fingerprint density at radius 2 is 0.885 bits per heavy atom. The van der Waals surface area contributed by atoms with Gasteiger partial charge in [-0.2, -0.15) is 0 Å². The summed E-state index contributed by atoms with van der Waals surface area (Å²) >= 11 is -3.79. The van der Waals surface area contributed by atoms with Crippen LogP contribution in [-0.2, 0) is 17.4 Å². The zero-order chi connectivity index (χ0) is 34.5. The minimum absolute atomic E-state index is 0. The van der Waals surface area contributed by atoms with Crippen LogP contribution in [0, 0.1) is 25.7 Å². The molecule has 2 atom stereocenters. The van der Waals surface area contributed by atoms with Gasteiger partial charge in [0.25, 0.3) is 0 Å². The summed E-state index contributed by atoms with van der Waals surface area (Å²) in [5.41, 5.74) is 18.2. The smallest absolute Gasteiger partial charge is 0.147 e. The molecule has 274 valence electrons. The molecule has 0 aliphatic heterocycles. The second kappa shape index (κ2) is 16.0. The van der Waals surface area contributed by atoms with Gasteiger partial charge in [-0.3, -0.25) is 0 Å². The average molecular weight is 827 g/mol. The molecule has 8 rings (SSSR count). The van der Waals surface area contributed by atoms with Gasteiger partial charge in [0.05, 0.1) is 0 Å². The molecule has 2 fully saturated rings. The molecule has 0 aromatic heterocycles. The molecule has 0 saturated heterocycles. The summed E-state index contributed by atoms with van der Waals surface area (Å²) in [6.07, 6.45) is 22.2. The molecule has 4 aromatic rings. The molecular formula is C48H60Cl2SiZr. The molecule has 4 aliphatic rings. The predicted molar refractivity (Wildman–Crippen MR) is 232 cm³/mol. The van der Waals surface area contributed by atoms with E-state index in [1.165, 1.54) is 122 Å². The third-order valence-electron chi connectivity index (χ3n) is 13.4. The van der Waals surface area contributed by atoms with Crippen LogP contribution in [0.3, 0.4) is 0 Å². The molecule has 0 heterocycles. The predicted octanol–water partition coefficient (Wildman–Crippen LogP) is 14.3. The van der Waals surface area contributed by atoms with Crippen molar-refractivity contribution < 1.29 is 17.4 Å². The molecule has 0 N–H and O–H groups in total. The Morgan fingerprint density at radius 3 is 1.25 bits per heavy atom. The summed E-state index contributed by atoms with van der Waals surface area (Å²) in [5.74, 6) is 1.68. The van der Waals surface area contributed by atoms with E-state index in [0.717, 1.165) is 11.8 Å². The van der Waals surface area contributed by atoms with Gasteiger partial charge in [-0.25, -0.2) is 0 Å². The maximum atomic E-state index is 2.89. The Labute approximate surface area is 329 Å². The summed E-state index contributed by atoms with van der Waals surface area (Å²) in [4.78, 5) is 0. The van der Waals surface area contributed by atoms with E-state index >= 15 is 0 Å². The first-order valence-corrected chi connectivity index (χ1v) is 33.7. The Hall–Kier alpha value is -1.96. The van der Waals surface area contributed by atoms with E-state index < -0.39 is 17.4 Å². The van der Waals surface area contributed by atoms with Crippen LogP contribution in [0.5, 0.6) is 0 Å². The fourth-order valence-corrected chi connectivity index (χ4v) is 30.9. The number of fused-ring (bicyclic) bond motifs is 2. The van der Waals surface area contributed by atoms with Gasteiger partial charge in [0.2, 0.25) is 0 Å².